The molecule has 2 aliphatic heterocycles. The average molecular weight is 367 g/mol. The largest absolute Gasteiger partial charge is 0.334 e. The van der Waals surface area contributed by atoms with Crippen LogP contribution in [-0.4, -0.2) is 71.1 Å². The van der Waals surface area contributed by atoms with Gasteiger partial charge in [0.1, 0.15) is 0 Å². The van der Waals surface area contributed by atoms with E-state index in [1.807, 2.05) is 31.3 Å². The van der Waals surface area contributed by atoms with Crippen LogP contribution in [0.4, 0.5) is 0 Å². The lowest BCUT2D eigenvalue weighted by atomic mass is 9.87. The summed E-state index contributed by atoms with van der Waals surface area (Å²) in [5.74, 6) is 1.26. The number of rotatable bonds is 5. The van der Waals surface area contributed by atoms with Gasteiger partial charge in [0, 0.05) is 44.0 Å². The van der Waals surface area contributed by atoms with Crippen molar-refractivity contribution in [2.45, 2.75) is 19.5 Å². The normalized spacial score (nSPS) is 25.3. The molecular weight excluding hydrogens is 338 g/mol. The van der Waals surface area contributed by atoms with Gasteiger partial charge < -0.3 is 9.80 Å². The van der Waals surface area contributed by atoms with Crippen molar-refractivity contribution in [2.24, 2.45) is 11.8 Å². The number of aromatic nitrogens is 2. The highest BCUT2D eigenvalue weighted by Gasteiger charge is 2.49. The van der Waals surface area contributed by atoms with Crippen LogP contribution in [0.1, 0.15) is 22.9 Å². The lowest BCUT2D eigenvalue weighted by Gasteiger charge is -2.31. The Hall–Kier alpha value is -2.18. The van der Waals surface area contributed by atoms with E-state index < -0.39 is 0 Å². The van der Waals surface area contributed by atoms with E-state index in [2.05, 4.69) is 51.2 Å². The van der Waals surface area contributed by atoms with E-state index in [0.29, 0.717) is 18.4 Å². The maximum Gasteiger partial charge on any atom is 0.237 e. The van der Waals surface area contributed by atoms with Gasteiger partial charge in [-0.1, -0.05) is 24.3 Å². The molecule has 2 fully saturated rings. The zero-order valence-electron chi connectivity index (χ0n) is 16.4. The van der Waals surface area contributed by atoms with Gasteiger partial charge in [-0.05, 0) is 44.1 Å². The van der Waals surface area contributed by atoms with Crippen molar-refractivity contribution in [2.75, 3.05) is 40.3 Å². The van der Waals surface area contributed by atoms with Crippen LogP contribution in [0.5, 0.6) is 0 Å². The van der Waals surface area contributed by atoms with Crippen molar-refractivity contribution >= 4 is 5.91 Å². The molecule has 2 aromatic rings. The van der Waals surface area contributed by atoms with Crippen LogP contribution in [0.2, 0.25) is 0 Å². The highest BCUT2D eigenvalue weighted by Crippen LogP contribution is 2.46. The Bertz CT molecular complexity index is 788. The molecule has 0 unspecified atom stereocenters. The van der Waals surface area contributed by atoms with Crippen LogP contribution in [0.3, 0.4) is 0 Å². The van der Waals surface area contributed by atoms with Gasteiger partial charge in [-0.15, -0.1) is 0 Å². The average Bonchev–Trinajstić information content (AvgIpc) is 3.31. The molecule has 0 aliphatic carbocycles. The minimum Gasteiger partial charge on any atom is -0.334 e. The van der Waals surface area contributed by atoms with E-state index in [9.17, 15) is 4.79 Å². The Morgan fingerprint density at radius 1 is 1.22 bits per heavy atom. The first-order valence-corrected chi connectivity index (χ1v) is 9.73. The molecule has 27 heavy (non-hydrogen) atoms. The molecule has 1 aromatic heterocycles. The second-order valence-corrected chi connectivity index (χ2v) is 8.29. The molecule has 6 heteroatoms. The molecule has 1 amide bonds. The molecule has 3 heterocycles. The smallest absolute Gasteiger partial charge is 0.237 e. The highest BCUT2D eigenvalue weighted by molar-refractivity contribution is 5.79. The number of hydrogen-bond donors (Lipinski definition) is 1. The zero-order chi connectivity index (χ0) is 19.0. The summed E-state index contributed by atoms with van der Waals surface area (Å²) in [6.07, 6.45) is 1.81. The number of benzene rings is 1. The SMILES string of the molecule is Cc1ccccc1[C@H]1[C@@H]2CN(Cc3ccn[nH]3)C[C@@H]2CN1C(=O)CN(C)C. The van der Waals surface area contributed by atoms with Crippen molar-refractivity contribution < 1.29 is 4.79 Å². The summed E-state index contributed by atoms with van der Waals surface area (Å²) in [6, 6.07) is 10.8. The molecule has 0 bridgehead atoms. The number of aryl methyl sites for hydroxylation is 1. The van der Waals surface area contributed by atoms with Gasteiger partial charge in [0.25, 0.3) is 0 Å². The van der Waals surface area contributed by atoms with Crippen LogP contribution in [0.25, 0.3) is 0 Å². The number of aromatic amines is 1. The Labute approximate surface area is 161 Å². The number of likely N-dealkylation sites (N-methyl/N-ethyl adjacent to an activating group) is 1. The van der Waals surface area contributed by atoms with Crippen LogP contribution in [0.15, 0.2) is 36.5 Å². The minimum absolute atomic E-state index is 0.176. The zero-order valence-corrected chi connectivity index (χ0v) is 16.4. The summed E-state index contributed by atoms with van der Waals surface area (Å²) < 4.78 is 0. The summed E-state index contributed by atoms with van der Waals surface area (Å²) >= 11 is 0. The maximum absolute atomic E-state index is 13.0. The van der Waals surface area contributed by atoms with Gasteiger partial charge in [-0.25, -0.2) is 0 Å². The molecule has 1 aromatic carbocycles. The summed E-state index contributed by atoms with van der Waals surface area (Å²) in [5.41, 5.74) is 3.74. The second-order valence-electron chi connectivity index (χ2n) is 8.29. The Kier molecular flexibility index (Phi) is 5.02. The Morgan fingerprint density at radius 2 is 2.04 bits per heavy atom. The van der Waals surface area contributed by atoms with Gasteiger partial charge in [0.05, 0.1) is 12.6 Å². The number of fused-ring (bicyclic) bond motifs is 1. The topological polar surface area (TPSA) is 55.5 Å². The standard InChI is InChI=1S/C21H29N5O/c1-15-6-4-5-7-18(15)21-19-13-25(12-17-8-9-22-23-17)10-16(19)11-26(21)20(27)14-24(2)3/h4-9,16,19,21H,10-14H2,1-3H3,(H,22,23)/t16-,19-,21+/m1/s1. The molecule has 0 saturated carbocycles. The molecular formula is C21H29N5O. The molecule has 4 rings (SSSR count). The minimum atomic E-state index is 0.176. The highest BCUT2D eigenvalue weighted by atomic mass is 16.2. The number of nitrogens with zero attached hydrogens (tertiary/aromatic N) is 4. The van der Waals surface area contributed by atoms with E-state index >= 15 is 0 Å². The van der Waals surface area contributed by atoms with Crippen molar-refractivity contribution in [3.05, 3.63) is 53.3 Å². The molecule has 6 nitrogen and oxygen atoms in total. The third kappa shape index (κ3) is 3.64. The van der Waals surface area contributed by atoms with E-state index in [1.54, 1.807) is 0 Å². The fourth-order valence-corrected chi connectivity index (χ4v) is 4.82. The fraction of sp³-hybridized carbons (Fsp3) is 0.524. The van der Waals surface area contributed by atoms with Crippen molar-refractivity contribution in [3.8, 4) is 0 Å². The molecule has 1 N–H and O–H groups in total. The monoisotopic (exact) mass is 367 g/mol. The van der Waals surface area contributed by atoms with Gasteiger partial charge in [0.15, 0.2) is 0 Å². The van der Waals surface area contributed by atoms with Crippen LogP contribution in [0, 0.1) is 18.8 Å². The van der Waals surface area contributed by atoms with E-state index in [4.69, 9.17) is 0 Å². The van der Waals surface area contributed by atoms with Crippen LogP contribution in [-0.2, 0) is 11.3 Å². The number of likely N-dealkylation sites (tertiary alicyclic amines) is 2. The third-order valence-corrected chi connectivity index (χ3v) is 5.97. The van der Waals surface area contributed by atoms with E-state index in [1.165, 1.54) is 11.1 Å². The predicted octanol–water partition coefficient (Wildman–Crippen LogP) is 1.91. The van der Waals surface area contributed by atoms with Crippen molar-refractivity contribution in [1.29, 1.82) is 0 Å². The van der Waals surface area contributed by atoms with Crippen LogP contribution < -0.4 is 0 Å². The Morgan fingerprint density at radius 3 is 2.74 bits per heavy atom. The number of H-pyrrole nitrogens is 1. The molecule has 0 radical (unpaired) electrons. The Balaban J connectivity index is 1.58. The van der Waals surface area contributed by atoms with Gasteiger partial charge in [-0.2, -0.15) is 5.10 Å². The first-order valence-electron chi connectivity index (χ1n) is 9.73. The summed E-state index contributed by atoms with van der Waals surface area (Å²) in [6.45, 7) is 6.45. The lowest BCUT2D eigenvalue weighted by molar-refractivity contribution is -0.133. The van der Waals surface area contributed by atoms with Crippen molar-refractivity contribution in [3.63, 3.8) is 0 Å². The summed E-state index contributed by atoms with van der Waals surface area (Å²) in [4.78, 5) is 19.6. The third-order valence-electron chi connectivity index (χ3n) is 5.97. The quantitative estimate of drug-likeness (QED) is 0.877. The van der Waals surface area contributed by atoms with E-state index in [-0.39, 0.29) is 11.9 Å². The van der Waals surface area contributed by atoms with Gasteiger partial charge in [0.2, 0.25) is 5.91 Å². The molecule has 0 spiro atoms. The summed E-state index contributed by atoms with van der Waals surface area (Å²) in [5, 5.41) is 7.13. The molecule has 2 aliphatic rings. The number of carbonyl (C=O) groups excluding carboxylic acids is 1. The lowest BCUT2D eigenvalue weighted by Crippen LogP contribution is -2.40. The summed E-state index contributed by atoms with van der Waals surface area (Å²) in [7, 11) is 3.92. The molecule has 3 atom stereocenters. The first-order chi connectivity index (χ1) is 13.0. The van der Waals surface area contributed by atoms with Gasteiger partial charge in [-0.3, -0.25) is 14.8 Å². The maximum atomic E-state index is 13.0. The first kappa shape index (κ1) is 18.2. The number of hydrogen-bond acceptors (Lipinski definition) is 4. The number of amides is 1. The molecule has 144 valence electrons. The number of carbonyl (C=O) groups is 1. The number of nitrogens with one attached hydrogen (secondary N) is 1. The fourth-order valence-electron chi connectivity index (χ4n) is 4.82. The predicted molar refractivity (Wildman–Crippen MR) is 105 cm³/mol. The van der Waals surface area contributed by atoms with Crippen molar-refractivity contribution in [1.82, 2.24) is 24.9 Å². The van der Waals surface area contributed by atoms with E-state index in [0.717, 1.165) is 31.9 Å². The second kappa shape index (κ2) is 7.44. The van der Waals surface area contributed by atoms with Gasteiger partial charge >= 0.3 is 0 Å². The molecule has 2 saturated heterocycles. The van der Waals surface area contributed by atoms with Crippen LogP contribution >= 0.6 is 0 Å².